The topological polar surface area (TPSA) is 86.6 Å². The number of halogens is 2. The highest BCUT2D eigenvalue weighted by molar-refractivity contribution is 6.35. The first-order valence-electron chi connectivity index (χ1n) is 5.21. The van der Waals surface area contributed by atoms with Gasteiger partial charge in [0.15, 0.2) is 6.04 Å². The third-order valence-corrected chi connectivity index (χ3v) is 2.74. The summed E-state index contributed by atoms with van der Waals surface area (Å²) in [6.07, 6.45) is 2.55. The van der Waals surface area contributed by atoms with E-state index >= 15 is 0 Å². The highest BCUT2D eigenvalue weighted by Crippen LogP contribution is 2.21. The summed E-state index contributed by atoms with van der Waals surface area (Å²) in [6, 6.07) is 3.42. The van der Waals surface area contributed by atoms with Gasteiger partial charge in [-0.1, -0.05) is 29.3 Å². The molecule has 1 amide bonds. The molecule has 0 radical (unpaired) electrons. The Kier molecular flexibility index (Phi) is 5.82. The Morgan fingerprint density at radius 3 is 2.58 bits per heavy atom. The van der Waals surface area contributed by atoms with Crippen LogP contribution in [-0.2, 0) is 9.59 Å². The molecule has 1 rings (SSSR count). The van der Waals surface area contributed by atoms with E-state index in [1.165, 1.54) is 12.1 Å². The second-order valence-corrected chi connectivity index (χ2v) is 4.42. The molecule has 0 fully saturated rings. The SMILES string of the molecule is O=C(/C=C/c1ccc(Cl)cc1Cl)N[C@H](CO)C(=O)O. The van der Waals surface area contributed by atoms with Gasteiger partial charge in [-0.15, -0.1) is 0 Å². The standard InChI is InChI=1S/C12H11Cl2NO4/c13-8-3-1-7(9(14)5-8)2-4-11(17)15-10(6-16)12(18)19/h1-5,10,16H,6H2,(H,15,17)(H,18,19)/b4-2+/t10-/m1/s1. The van der Waals surface area contributed by atoms with Crippen molar-refractivity contribution in [2.75, 3.05) is 6.61 Å². The highest BCUT2D eigenvalue weighted by Gasteiger charge is 2.17. The van der Waals surface area contributed by atoms with Crippen molar-refractivity contribution in [3.63, 3.8) is 0 Å². The summed E-state index contributed by atoms with van der Waals surface area (Å²) in [5.74, 6) is -1.96. The van der Waals surface area contributed by atoms with Crippen molar-refractivity contribution < 1.29 is 19.8 Å². The Labute approximate surface area is 119 Å². The fraction of sp³-hybridized carbons (Fsp3) is 0.167. The van der Waals surface area contributed by atoms with E-state index in [1.807, 2.05) is 0 Å². The number of hydrogen-bond acceptors (Lipinski definition) is 3. The molecule has 0 saturated heterocycles. The maximum absolute atomic E-state index is 11.4. The van der Waals surface area contributed by atoms with Crippen molar-refractivity contribution in [2.45, 2.75) is 6.04 Å². The normalized spacial score (nSPS) is 12.4. The fourth-order valence-electron chi connectivity index (χ4n) is 1.21. The maximum Gasteiger partial charge on any atom is 0.328 e. The lowest BCUT2D eigenvalue weighted by molar-refractivity contribution is -0.142. The van der Waals surface area contributed by atoms with Crippen molar-refractivity contribution >= 4 is 41.2 Å². The Morgan fingerprint density at radius 2 is 2.05 bits per heavy atom. The Balaban J connectivity index is 2.70. The molecule has 5 nitrogen and oxygen atoms in total. The molecule has 0 aliphatic heterocycles. The number of hydrogen-bond donors (Lipinski definition) is 3. The molecular weight excluding hydrogens is 293 g/mol. The van der Waals surface area contributed by atoms with Gasteiger partial charge in [-0.25, -0.2) is 4.79 Å². The molecule has 0 heterocycles. The van der Waals surface area contributed by atoms with Crippen LogP contribution in [0.15, 0.2) is 24.3 Å². The Morgan fingerprint density at radius 1 is 1.37 bits per heavy atom. The summed E-state index contributed by atoms with van der Waals surface area (Å²) in [4.78, 5) is 22.0. The lowest BCUT2D eigenvalue weighted by atomic mass is 10.2. The van der Waals surface area contributed by atoms with Crippen LogP contribution < -0.4 is 5.32 Å². The lowest BCUT2D eigenvalue weighted by Gasteiger charge is -2.09. The molecule has 1 aromatic rings. The molecule has 7 heteroatoms. The van der Waals surface area contributed by atoms with Gasteiger partial charge in [0.25, 0.3) is 0 Å². The van der Waals surface area contributed by atoms with Crippen molar-refractivity contribution in [1.82, 2.24) is 5.32 Å². The minimum atomic E-state index is -1.34. The van der Waals surface area contributed by atoms with Gasteiger partial charge in [0, 0.05) is 16.1 Å². The van der Waals surface area contributed by atoms with Gasteiger partial charge in [0.1, 0.15) is 0 Å². The fourth-order valence-corrected chi connectivity index (χ4v) is 1.68. The monoisotopic (exact) mass is 303 g/mol. The average molecular weight is 304 g/mol. The first kappa shape index (κ1) is 15.5. The number of aliphatic hydroxyl groups is 1. The Bertz CT molecular complexity index is 516. The zero-order chi connectivity index (χ0) is 14.4. The molecule has 102 valence electrons. The van der Waals surface area contributed by atoms with Gasteiger partial charge in [-0.3, -0.25) is 4.79 Å². The van der Waals surface area contributed by atoms with Crippen LogP contribution in [0.2, 0.25) is 10.0 Å². The van der Waals surface area contributed by atoms with E-state index in [9.17, 15) is 9.59 Å². The van der Waals surface area contributed by atoms with Crippen LogP contribution in [0.3, 0.4) is 0 Å². The van der Waals surface area contributed by atoms with Gasteiger partial charge < -0.3 is 15.5 Å². The number of nitrogens with one attached hydrogen (secondary N) is 1. The molecule has 0 saturated carbocycles. The maximum atomic E-state index is 11.4. The van der Waals surface area contributed by atoms with E-state index in [2.05, 4.69) is 5.32 Å². The second-order valence-electron chi connectivity index (χ2n) is 3.58. The smallest absolute Gasteiger partial charge is 0.328 e. The van der Waals surface area contributed by atoms with Crippen LogP contribution in [0.25, 0.3) is 6.08 Å². The van der Waals surface area contributed by atoms with Crippen molar-refractivity contribution in [3.05, 3.63) is 39.9 Å². The van der Waals surface area contributed by atoms with Crippen LogP contribution in [-0.4, -0.2) is 34.7 Å². The first-order chi connectivity index (χ1) is 8.93. The molecule has 1 aromatic carbocycles. The lowest BCUT2D eigenvalue weighted by Crippen LogP contribution is -2.42. The molecule has 0 aliphatic rings. The number of carbonyl (C=O) groups excluding carboxylic acids is 1. The van der Waals surface area contributed by atoms with E-state index in [4.69, 9.17) is 33.4 Å². The molecule has 19 heavy (non-hydrogen) atoms. The minimum Gasteiger partial charge on any atom is -0.480 e. The quantitative estimate of drug-likeness (QED) is 0.721. The third kappa shape index (κ3) is 4.90. The average Bonchev–Trinajstić information content (AvgIpc) is 2.34. The number of rotatable bonds is 5. The van der Waals surface area contributed by atoms with E-state index in [0.717, 1.165) is 6.08 Å². The van der Waals surface area contributed by atoms with E-state index in [0.29, 0.717) is 15.6 Å². The third-order valence-electron chi connectivity index (χ3n) is 2.17. The van der Waals surface area contributed by atoms with Crippen LogP contribution in [0.5, 0.6) is 0 Å². The minimum absolute atomic E-state index is 0.369. The molecule has 0 bridgehead atoms. The largest absolute Gasteiger partial charge is 0.480 e. The molecule has 0 aromatic heterocycles. The van der Waals surface area contributed by atoms with Gasteiger partial charge in [0.2, 0.25) is 5.91 Å². The summed E-state index contributed by atoms with van der Waals surface area (Å²) >= 11 is 11.6. The van der Waals surface area contributed by atoms with E-state index in [1.54, 1.807) is 12.1 Å². The molecule has 0 spiro atoms. The molecule has 1 atom stereocenters. The highest BCUT2D eigenvalue weighted by atomic mass is 35.5. The van der Waals surface area contributed by atoms with Gasteiger partial charge in [-0.05, 0) is 23.8 Å². The zero-order valence-corrected chi connectivity index (χ0v) is 11.1. The summed E-state index contributed by atoms with van der Waals surface area (Å²) in [6.45, 7) is -0.684. The van der Waals surface area contributed by atoms with Gasteiger partial charge in [0.05, 0.1) is 6.61 Å². The number of carbonyl (C=O) groups is 2. The van der Waals surface area contributed by atoms with Crippen LogP contribution in [0.4, 0.5) is 0 Å². The molecule has 0 unspecified atom stereocenters. The van der Waals surface area contributed by atoms with E-state index in [-0.39, 0.29) is 0 Å². The number of aliphatic carboxylic acids is 1. The van der Waals surface area contributed by atoms with Gasteiger partial charge in [-0.2, -0.15) is 0 Å². The summed E-state index contributed by atoms with van der Waals surface area (Å²) in [7, 11) is 0. The molecule has 3 N–H and O–H groups in total. The predicted molar refractivity (Wildman–Crippen MR) is 72.1 cm³/mol. The van der Waals surface area contributed by atoms with Crippen molar-refractivity contribution in [3.8, 4) is 0 Å². The van der Waals surface area contributed by atoms with E-state index < -0.39 is 24.5 Å². The number of aliphatic hydroxyl groups excluding tert-OH is 1. The van der Waals surface area contributed by atoms with Gasteiger partial charge >= 0.3 is 5.97 Å². The number of carboxylic acids is 1. The summed E-state index contributed by atoms with van der Waals surface area (Å²) in [5, 5.41) is 20.4. The van der Waals surface area contributed by atoms with Crippen LogP contribution in [0, 0.1) is 0 Å². The predicted octanol–water partition coefficient (Wildman–Crippen LogP) is 1.57. The van der Waals surface area contributed by atoms with Crippen LogP contribution in [0.1, 0.15) is 5.56 Å². The Hall–Kier alpha value is -1.56. The second kappa shape index (κ2) is 7.13. The molecule has 0 aliphatic carbocycles. The first-order valence-corrected chi connectivity index (χ1v) is 5.97. The molecular formula is C12H11Cl2NO4. The number of benzene rings is 1. The number of carboxylic acid groups (broad SMARTS) is 1. The van der Waals surface area contributed by atoms with Crippen molar-refractivity contribution in [1.29, 1.82) is 0 Å². The van der Waals surface area contributed by atoms with Crippen LogP contribution >= 0.6 is 23.2 Å². The van der Waals surface area contributed by atoms with Crippen molar-refractivity contribution in [2.24, 2.45) is 0 Å². The summed E-state index contributed by atoms with van der Waals surface area (Å²) in [5.41, 5.74) is 0.567. The summed E-state index contributed by atoms with van der Waals surface area (Å²) < 4.78 is 0. The zero-order valence-electron chi connectivity index (χ0n) is 9.64. The number of amides is 1.